The van der Waals surface area contributed by atoms with E-state index in [2.05, 4.69) is 34.0 Å². The van der Waals surface area contributed by atoms with E-state index in [0.717, 1.165) is 50.2 Å². The lowest BCUT2D eigenvalue weighted by Crippen LogP contribution is -2.03. The summed E-state index contributed by atoms with van der Waals surface area (Å²) in [6.45, 7) is 2.06. The summed E-state index contributed by atoms with van der Waals surface area (Å²) in [7, 11) is 0. The maximum absolute atomic E-state index is 5.04. The average Bonchev–Trinajstić information content (AvgIpc) is 2.89. The van der Waals surface area contributed by atoms with Crippen molar-refractivity contribution in [1.82, 2.24) is 29.9 Å². The van der Waals surface area contributed by atoms with Crippen LogP contribution in [0.3, 0.4) is 0 Å². The minimum absolute atomic E-state index is 0.584. The molecule has 156 valence electrons. The van der Waals surface area contributed by atoms with Crippen LogP contribution in [-0.2, 0) is 0 Å². The zero-order valence-corrected chi connectivity index (χ0v) is 17.8. The van der Waals surface area contributed by atoms with Crippen LogP contribution < -0.4 is 0 Å². The molecule has 6 aromatic rings. The Morgan fingerprint density at radius 2 is 1.27 bits per heavy atom. The zero-order chi connectivity index (χ0) is 22.2. The summed E-state index contributed by atoms with van der Waals surface area (Å²) in [5.74, 6) is 0. The molecule has 0 radical (unpaired) electrons. The normalized spacial score (nSPS) is 11.2. The van der Waals surface area contributed by atoms with Gasteiger partial charge >= 0.3 is 0 Å². The van der Waals surface area contributed by atoms with Crippen LogP contribution in [0.4, 0.5) is 0 Å². The molecule has 0 aliphatic heterocycles. The van der Waals surface area contributed by atoms with Crippen LogP contribution in [0.2, 0.25) is 0 Å². The topological polar surface area (TPSA) is 77.3 Å². The summed E-state index contributed by atoms with van der Waals surface area (Å²) in [5.41, 5.74) is 9.03. The fourth-order valence-electron chi connectivity index (χ4n) is 4.13. The number of hydrogen-bond acceptors (Lipinski definition) is 6. The minimum Gasteiger partial charge on any atom is -0.262 e. The van der Waals surface area contributed by atoms with Gasteiger partial charge in [-0.2, -0.15) is 0 Å². The van der Waals surface area contributed by atoms with Gasteiger partial charge in [-0.15, -0.1) is 0 Å². The molecule has 4 aromatic heterocycles. The van der Waals surface area contributed by atoms with E-state index in [1.165, 1.54) is 0 Å². The quantitative estimate of drug-likeness (QED) is 0.363. The van der Waals surface area contributed by atoms with Gasteiger partial charge in [0.2, 0.25) is 0 Å². The Bertz CT molecular complexity index is 1610. The van der Waals surface area contributed by atoms with Gasteiger partial charge in [0.25, 0.3) is 0 Å². The lowest BCUT2D eigenvalue weighted by molar-refractivity contribution is 1.18. The third-order valence-electron chi connectivity index (χ3n) is 5.66. The molecule has 4 heterocycles. The van der Waals surface area contributed by atoms with Gasteiger partial charge in [0.15, 0.2) is 5.65 Å². The highest BCUT2D eigenvalue weighted by Gasteiger charge is 2.22. The van der Waals surface area contributed by atoms with Crippen molar-refractivity contribution >= 4 is 22.2 Å². The fraction of sp³-hybridized carbons (Fsp3) is 0.0370. The fourth-order valence-corrected chi connectivity index (χ4v) is 4.13. The number of rotatable bonds is 3. The van der Waals surface area contributed by atoms with E-state index in [1.54, 1.807) is 24.8 Å². The van der Waals surface area contributed by atoms with Crippen molar-refractivity contribution < 1.29 is 0 Å². The molecular formula is C27H18N6. The van der Waals surface area contributed by atoms with Gasteiger partial charge in [-0.05, 0) is 24.1 Å². The molecule has 0 atom stereocenters. The summed E-state index contributed by atoms with van der Waals surface area (Å²) in [4.78, 5) is 28.3. The standard InChI is InChI=1S/C27H18N6/c1-17-22(18-8-4-2-5-9-18)25(33-27-23(17)29-14-15-30-27)26-24(19-10-6-3-7-11-19)32-21-16-28-13-12-20(21)31-26/h2-16H,1H3. The second-order valence-corrected chi connectivity index (χ2v) is 7.71. The molecule has 6 nitrogen and oxygen atoms in total. The van der Waals surface area contributed by atoms with Crippen LogP contribution in [0.15, 0.2) is 91.5 Å². The number of aromatic nitrogens is 6. The third-order valence-corrected chi connectivity index (χ3v) is 5.66. The summed E-state index contributed by atoms with van der Waals surface area (Å²) in [5, 5.41) is 0. The first-order valence-electron chi connectivity index (χ1n) is 10.6. The number of nitrogens with zero attached hydrogens (tertiary/aromatic N) is 6. The van der Waals surface area contributed by atoms with Crippen molar-refractivity contribution in [2.45, 2.75) is 6.92 Å². The minimum atomic E-state index is 0.584. The third kappa shape index (κ3) is 3.29. The summed E-state index contributed by atoms with van der Waals surface area (Å²) in [6.07, 6.45) is 6.83. The van der Waals surface area contributed by atoms with Gasteiger partial charge in [-0.1, -0.05) is 60.7 Å². The molecule has 0 fully saturated rings. The van der Waals surface area contributed by atoms with Crippen LogP contribution in [0.1, 0.15) is 5.56 Å². The molecule has 0 aliphatic rings. The Morgan fingerprint density at radius 1 is 0.576 bits per heavy atom. The van der Waals surface area contributed by atoms with Crippen molar-refractivity contribution in [3.63, 3.8) is 0 Å². The molecule has 0 aliphatic carbocycles. The predicted octanol–water partition coefficient (Wildman–Crippen LogP) is 5.67. The van der Waals surface area contributed by atoms with Gasteiger partial charge in [-0.3, -0.25) is 9.97 Å². The number of benzene rings is 2. The van der Waals surface area contributed by atoms with Gasteiger partial charge in [-0.25, -0.2) is 19.9 Å². The van der Waals surface area contributed by atoms with Crippen LogP contribution in [-0.4, -0.2) is 29.9 Å². The first-order chi connectivity index (χ1) is 16.3. The molecule has 33 heavy (non-hydrogen) atoms. The van der Waals surface area contributed by atoms with Crippen LogP contribution in [0, 0.1) is 6.92 Å². The Kier molecular flexibility index (Phi) is 4.54. The molecule has 6 rings (SSSR count). The molecule has 0 N–H and O–H groups in total. The summed E-state index contributed by atoms with van der Waals surface area (Å²) in [6, 6.07) is 22.1. The average molecular weight is 426 g/mol. The molecule has 0 saturated carbocycles. The molecule has 0 saturated heterocycles. The highest BCUT2D eigenvalue weighted by atomic mass is 14.9. The Morgan fingerprint density at radius 3 is 2.06 bits per heavy atom. The molecule has 6 heteroatoms. The molecule has 0 spiro atoms. The molecule has 0 bridgehead atoms. The first kappa shape index (κ1) is 19.1. The highest BCUT2D eigenvalue weighted by Crippen LogP contribution is 2.39. The number of fused-ring (bicyclic) bond motifs is 2. The van der Waals surface area contributed by atoms with E-state index in [0.29, 0.717) is 11.3 Å². The van der Waals surface area contributed by atoms with E-state index in [-0.39, 0.29) is 0 Å². The van der Waals surface area contributed by atoms with E-state index < -0.39 is 0 Å². The molecule has 2 aromatic carbocycles. The van der Waals surface area contributed by atoms with Crippen LogP contribution in [0.5, 0.6) is 0 Å². The van der Waals surface area contributed by atoms with Gasteiger partial charge in [0, 0.05) is 29.7 Å². The van der Waals surface area contributed by atoms with E-state index in [1.807, 2.05) is 54.6 Å². The SMILES string of the molecule is Cc1c(-c2ccccc2)c(-c2nc3ccncc3nc2-c2ccccc2)nc2nccnc12. The van der Waals surface area contributed by atoms with Gasteiger partial charge < -0.3 is 0 Å². The monoisotopic (exact) mass is 426 g/mol. The molecule has 0 amide bonds. The smallest absolute Gasteiger partial charge is 0.179 e. The lowest BCUT2D eigenvalue weighted by Gasteiger charge is -2.16. The predicted molar refractivity (Wildman–Crippen MR) is 129 cm³/mol. The van der Waals surface area contributed by atoms with Gasteiger partial charge in [0.1, 0.15) is 22.4 Å². The van der Waals surface area contributed by atoms with Crippen LogP contribution >= 0.6 is 0 Å². The van der Waals surface area contributed by atoms with Crippen molar-refractivity contribution in [2.24, 2.45) is 0 Å². The second-order valence-electron chi connectivity index (χ2n) is 7.71. The first-order valence-corrected chi connectivity index (χ1v) is 10.6. The summed E-state index contributed by atoms with van der Waals surface area (Å²) < 4.78 is 0. The summed E-state index contributed by atoms with van der Waals surface area (Å²) >= 11 is 0. The van der Waals surface area contributed by atoms with Crippen LogP contribution in [0.25, 0.3) is 56.0 Å². The number of pyridine rings is 2. The largest absolute Gasteiger partial charge is 0.262 e. The van der Waals surface area contributed by atoms with Crippen molar-refractivity contribution in [1.29, 1.82) is 0 Å². The second kappa shape index (κ2) is 7.84. The number of aryl methyl sites for hydroxylation is 1. The van der Waals surface area contributed by atoms with E-state index in [9.17, 15) is 0 Å². The Balaban J connectivity index is 1.76. The zero-order valence-electron chi connectivity index (χ0n) is 17.8. The maximum atomic E-state index is 5.04. The Labute approximate surface area is 190 Å². The molecule has 0 unspecified atom stereocenters. The van der Waals surface area contributed by atoms with Crippen molar-refractivity contribution in [3.8, 4) is 33.8 Å². The maximum Gasteiger partial charge on any atom is 0.179 e. The lowest BCUT2D eigenvalue weighted by atomic mass is 9.94. The highest BCUT2D eigenvalue weighted by molar-refractivity contribution is 5.96. The van der Waals surface area contributed by atoms with Crippen molar-refractivity contribution in [2.75, 3.05) is 0 Å². The number of hydrogen-bond donors (Lipinski definition) is 0. The van der Waals surface area contributed by atoms with Crippen molar-refractivity contribution in [3.05, 3.63) is 97.1 Å². The van der Waals surface area contributed by atoms with Gasteiger partial charge in [0.05, 0.1) is 17.4 Å². The Hall–Kier alpha value is -4.58. The van der Waals surface area contributed by atoms with E-state index >= 15 is 0 Å². The molecular weight excluding hydrogens is 408 g/mol. The van der Waals surface area contributed by atoms with E-state index in [4.69, 9.17) is 15.0 Å².